The number of ether oxygens (including phenoxy) is 1. The Balaban J connectivity index is 1.73. The highest BCUT2D eigenvalue weighted by Gasteiger charge is 2.28. The molecule has 1 saturated heterocycles. The normalized spacial score (nSPS) is 17.2. The molecule has 8 nitrogen and oxygen atoms in total. The smallest absolute Gasteiger partial charge is 0.295 e. The average molecular weight is 344 g/mol. The molecule has 3 rings (SSSR count). The van der Waals surface area contributed by atoms with Crippen LogP contribution < -0.4 is 10.1 Å². The van der Waals surface area contributed by atoms with Crippen molar-refractivity contribution in [1.82, 2.24) is 20.4 Å². The van der Waals surface area contributed by atoms with Gasteiger partial charge in [0.05, 0.1) is 7.11 Å². The molecule has 0 aliphatic carbocycles. The second-order valence-corrected chi connectivity index (χ2v) is 5.95. The van der Waals surface area contributed by atoms with E-state index in [-0.39, 0.29) is 29.6 Å². The van der Waals surface area contributed by atoms with Gasteiger partial charge in [-0.15, -0.1) is 0 Å². The van der Waals surface area contributed by atoms with E-state index in [1.165, 1.54) is 6.92 Å². The van der Waals surface area contributed by atoms with Crippen LogP contribution in [-0.2, 0) is 4.79 Å². The highest BCUT2D eigenvalue weighted by atomic mass is 16.5. The van der Waals surface area contributed by atoms with Crippen LogP contribution in [0.4, 0.5) is 0 Å². The molecule has 1 aromatic heterocycles. The Morgan fingerprint density at radius 2 is 2.24 bits per heavy atom. The molecule has 1 aliphatic rings. The Labute approximate surface area is 145 Å². The minimum absolute atomic E-state index is 0.0151. The first-order chi connectivity index (χ1) is 12.1. The van der Waals surface area contributed by atoms with E-state index in [4.69, 9.17) is 9.26 Å². The van der Waals surface area contributed by atoms with Gasteiger partial charge in [0.2, 0.25) is 5.91 Å². The summed E-state index contributed by atoms with van der Waals surface area (Å²) in [6.07, 6.45) is 1.67. The number of aromatic nitrogens is 2. The van der Waals surface area contributed by atoms with E-state index in [9.17, 15) is 9.59 Å². The molecule has 8 heteroatoms. The molecule has 0 spiro atoms. The number of benzene rings is 1. The lowest BCUT2D eigenvalue weighted by Crippen LogP contribution is -2.49. The van der Waals surface area contributed by atoms with Gasteiger partial charge in [-0.1, -0.05) is 11.2 Å². The number of methoxy groups -OCH3 is 1. The molecule has 25 heavy (non-hydrogen) atoms. The minimum Gasteiger partial charge on any atom is -0.497 e. The number of nitrogens with zero attached hydrogens (tertiary/aromatic N) is 3. The number of carbonyl (C=O) groups is 2. The van der Waals surface area contributed by atoms with Gasteiger partial charge in [-0.25, -0.2) is 0 Å². The number of piperidine rings is 1. The van der Waals surface area contributed by atoms with Crippen LogP contribution in [-0.4, -0.2) is 53.1 Å². The van der Waals surface area contributed by atoms with Crippen molar-refractivity contribution in [3.63, 3.8) is 0 Å². The Morgan fingerprint density at radius 3 is 3.00 bits per heavy atom. The molecule has 0 bridgehead atoms. The van der Waals surface area contributed by atoms with Crippen LogP contribution in [0.5, 0.6) is 5.75 Å². The highest BCUT2D eigenvalue weighted by Crippen LogP contribution is 2.22. The van der Waals surface area contributed by atoms with E-state index in [0.29, 0.717) is 24.4 Å². The van der Waals surface area contributed by atoms with Gasteiger partial charge in [0.25, 0.3) is 17.6 Å². The van der Waals surface area contributed by atoms with Crippen molar-refractivity contribution in [2.75, 3.05) is 20.2 Å². The Kier molecular flexibility index (Phi) is 4.97. The molecule has 1 aromatic carbocycles. The van der Waals surface area contributed by atoms with Gasteiger partial charge in [-0.05, 0) is 31.0 Å². The summed E-state index contributed by atoms with van der Waals surface area (Å²) in [5.41, 5.74) is 0.681. The van der Waals surface area contributed by atoms with E-state index in [2.05, 4.69) is 15.5 Å². The lowest BCUT2D eigenvalue weighted by atomic mass is 10.1. The maximum absolute atomic E-state index is 12.6. The molecule has 1 unspecified atom stereocenters. The van der Waals surface area contributed by atoms with E-state index in [1.54, 1.807) is 24.1 Å². The van der Waals surface area contributed by atoms with Gasteiger partial charge in [-0.2, -0.15) is 4.98 Å². The molecule has 2 amide bonds. The third-order valence-electron chi connectivity index (χ3n) is 4.05. The zero-order chi connectivity index (χ0) is 17.8. The Hall–Kier alpha value is -2.90. The summed E-state index contributed by atoms with van der Waals surface area (Å²) in [4.78, 5) is 29.7. The number of hydrogen-bond acceptors (Lipinski definition) is 6. The molecule has 0 saturated carbocycles. The second kappa shape index (κ2) is 7.33. The summed E-state index contributed by atoms with van der Waals surface area (Å²) in [6, 6.07) is 7.14. The molecule has 2 heterocycles. The third-order valence-corrected chi connectivity index (χ3v) is 4.05. The van der Waals surface area contributed by atoms with E-state index >= 15 is 0 Å². The van der Waals surface area contributed by atoms with E-state index in [0.717, 1.165) is 12.8 Å². The fraction of sp³-hybridized carbons (Fsp3) is 0.412. The van der Waals surface area contributed by atoms with Gasteiger partial charge in [0, 0.05) is 31.6 Å². The van der Waals surface area contributed by atoms with Gasteiger partial charge in [0.1, 0.15) is 5.75 Å². The van der Waals surface area contributed by atoms with Crippen LogP contribution in [0.25, 0.3) is 11.5 Å². The molecule has 1 aliphatic heterocycles. The monoisotopic (exact) mass is 344 g/mol. The van der Waals surface area contributed by atoms with Gasteiger partial charge >= 0.3 is 0 Å². The second-order valence-electron chi connectivity index (χ2n) is 5.95. The molecule has 1 atom stereocenters. The van der Waals surface area contributed by atoms with Crippen molar-refractivity contribution < 1.29 is 18.8 Å². The van der Waals surface area contributed by atoms with Crippen molar-refractivity contribution in [3.8, 4) is 17.2 Å². The Morgan fingerprint density at radius 1 is 1.40 bits per heavy atom. The van der Waals surface area contributed by atoms with E-state index < -0.39 is 0 Å². The van der Waals surface area contributed by atoms with Crippen LogP contribution >= 0.6 is 0 Å². The van der Waals surface area contributed by atoms with Crippen LogP contribution in [0.2, 0.25) is 0 Å². The summed E-state index contributed by atoms with van der Waals surface area (Å²) in [7, 11) is 1.57. The van der Waals surface area contributed by atoms with Gasteiger partial charge < -0.3 is 19.5 Å². The van der Waals surface area contributed by atoms with Crippen molar-refractivity contribution in [3.05, 3.63) is 30.1 Å². The topological polar surface area (TPSA) is 97.6 Å². The van der Waals surface area contributed by atoms with Crippen LogP contribution in [0.1, 0.15) is 30.4 Å². The fourth-order valence-corrected chi connectivity index (χ4v) is 2.89. The SMILES string of the molecule is COc1cccc(-c2nc(C(=O)N3CCCC(NC(C)=O)C3)no2)c1. The number of rotatable bonds is 4. The summed E-state index contributed by atoms with van der Waals surface area (Å²) in [5, 5.41) is 6.65. The summed E-state index contributed by atoms with van der Waals surface area (Å²) in [5.74, 6) is 0.545. The number of amides is 2. The lowest BCUT2D eigenvalue weighted by molar-refractivity contribution is -0.120. The first kappa shape index (κ1) is 16.9. The van der Waals surface area contributed by atoms with Crippen molar-refractivity contribution in [2.45, 2.75) is 25.8 Å². The number of carbonyl (C=O) groups excluding carboxylic acids is 2. The molecule has 2 aromatic rings. The standard InChI is InChI=1S/C17H20N4O4/c1-11(22)18-13-6-4-8-21(10-13)17(23)15-19-16(25-20-15)12-5-3-7-14(9-12)24-2/h3,5,7,9,13H,4,6,8,10H2,1-2H3,(H,18,22). The fourth-order valence-electron chi connectivity index (χ4n) is 2.89. The third kappa shape index (κ3) is 3.96. The molecule has 1 N–H and O–H groups in total. The van der Waals surface area contributed by atoms with Crippen molar-refractivity contribution >= 4 is 11.8 Å². The number of hydrogen-bond donors (Lipinski definition) is 1. The first-order valence-corrected chi connectivity index (χ1v) is 8.11. The highest BCUT2D eigenvalue weighted by molar-refractivity contribution is 5.90. The molecular formula is C17H20N4O4. The van der Waals surface area contributed by atoms with Crippen LogP contribution in [0, 0.1) is 0 Å². The quantitative estimate of drug-likeness (QED) is 0.902. The van der Waals surface area contributed by atoms with Crippen molar-refractivity contribution in [2.24, 2.45) is 0 Å². The summed E-state index contributed by atoms with van der Waals surface area (Å²) >= 11 is 0. The van der Waals surface area contributed by atoms with Gasteiger partial charge in [-0.3, -0.25) is 9.59 Å². The lowest BCUT2D eigenvalue weighted by Gasteiger charge is -2.32. The zero-order valence-electron chi connectivity index (χ0n) is 14.2. The number of likely N-dealkylation sites (tertiary alicyclic amines) is 1. The van der Waals surface area contributed by atoms with Crippen molar-refractivity contribution in [1.29, 1.82) is 0 Å². The number of nitrogens with one attached hydrogen (secondary N) is 1. The summed E-state index contributed by atoms with van der Waals surface area (Å²) in [6.45, 7) is 2.53. The van der Waals surface area contributed by atoms with Crippen LogP contribution in [0.3, 0.4) is 0 Å². The maximum Gasteiger partial charge on any atom is 0.295 e. The predicted molar refractivity (Wildman–Crippen MR) is 89.0 cm³/mol. The molecule has 0 radical (unpaired) electrons. The molecule has 1 fully saturated rings. The zero-order valence-corrected chi connectivity index (χ0v) is 14.2. The minimum atomic E-state index is -0.298. The predicted octanol–water partition coefficient (Wildman–Crippen LogP) is 1.49. The van der Waals surface area contributed by atoms with Gasteiger partial charge in [0.15, 0.2) is 0 Å². The molecule has 132 valence electrons. The summed E-state index contributed by atoms with van der Waals surface area (Å²) < 4.78 is 10.4. The maximum atomic E-state index is 12.6. The molecular weight excluding hydrogens is 324 g/mol. The van der Waals surface area contributed by atoms with Crippen LogP contribution in [0.15, 0.2) is 28.8 Å². The average Bonchev–Trinajstić information content (AvgIpc) is 3.11. The Bertz CT molecular complexity index is 774. The first-order valence-electron chi connectivity index (χ1n) is 8.11. The largest absolute Gasteiger partial charge is 0.497 e. The van der Waals surface area contributed by atoms with E-state index in [1.807, 2.05) is 12.1 Å².